The van der Waals surface area contributed by atoms with Crippen molar-refractivity contribution in [2.75, 3.05) is 18.9 Å². The second-order valence-corrected chi connectivity index (χ2v) is 5.00. The Kier molecular flexibility index (Phi) is 5.11. The Labute approximate surface area is 129 Å². The van der Waals surface area contributed by atoms with Gasteiger partial charge in [0.2, 0.25) is 0 Å². The summed E-state index contributed by atoms with van der Waals surface area (Å²) in [6, 6.07) is 7.05. The molecule has 1 amide bonds. The minimum absolute atomic E-state index is 0.102. The van der Waals surface area contributed by atoms with Crippen LogP contribution in [0, 0.1) is 0 Å². The zero-order valence-corrected chi connectivity index (χ0v) is 12.8. The fourth-order valence-electron chi connectivity index (χ4n) is 1.95. The van der Waals surface area contributed by atoms with Crippen molar-refractivity contribution in [3.05, 3.63) is 52.9 Å². The molecule has 0 aromatic carbocycles. The maximum atomic E-state index is 12.5. The van der Waals surface area contributed by atoms with Gasteiger partial charge in [0.25, 0.3) is 5.91 Å². The third kappa shape index (κ3) is 4.16. The predicted octanol–water partition coefficient (Wildman–Crippen LogP) is 2.83. The average molecular weight is 305 g/mol. The van der Waals surface area contributed by atoms with Gasteiger partial charge in [0.05, 0.1) is 0 Å². The number of hydrogen-bond donors (Lipinski definition) is 1. The molecule has 0 saturated carbocycles. The third-order valence-electron chi connectivity index (χ3n) is 2.91. The molecule has 0 saturated heterocycles. The first-order valence-corrected chi connectivity index (χ1v) is 7.03. The van der Waals surface area contributed by atoms with Crippen LogP contribution in [0.3, 0.4) is 0 Å². The molecule has 0 fully saturated rings. The van der Waals surface area contributed by atoms with Crippen LogP contribution in [0.4, 0.5) is 5.82 Å². The summed E-state index contributed by atoms with van der Waals surface area (Å²) in [7, 11) is 1.75. The number of hydrogen-bond acceptors (Lipinski definition) is 4. The fraction of sp³-hybridized carbons (Fsp3) is 0.267. The van der Waals surface area contributed by atoms with Gasteiger partial charge in [-0.15, -0.1) is 0 Å². The van der Waals surface area contributed by atoms with E-state index in [4.69, 9.17) is 11.6 Å². The maximum Gasteiger partial charge on any atom is 0.254 e. The molecule has 6 heteroatoms. The van der Waals surface area contributed by atoms with Crippen LogP contribution in [0.25, 0.3) is 0 Å². The van der Waals surface area contributed by atoms with Crippen LogP contribution in [-0.4, -0.2) is 34.4 Å². The maximum absolute atomic E-state index is 12.5. The molecule has 2 heterocycles. The lowest BCUT2D eigenvalue weighted by Gasteiger charge is -2.18. The Bertz CT molecular complexity index is 618. The topological polar surface area (TPSA) is 58.1 Å². The number of carbonyl (C=O) groups excluding carboxylic acids is 1. The first kappa shape index (κ1) is 15.3. The molecule has 0 aliphatic carbocycles. The molecule has 0 unspecified atom stereocenters. The fourth-order valence-corrected chi connectivity index (χ4v) is 2.15. The van der Waals surface area contributed by atoms with Gasteiger partial charge in [0, 0.05) is 38.1 Å². The highest BCUT2D eigenvalue weighted by molar-refractivity contribution is 6.29. The highest BCUT2D eigenvalue weighted by Crippen LogP contribution is 2.16. The van der Waals surface area contributed by atoms with Crippen LogP contribution in [-0.2, 0) is 6.54 Å². The number of rotatable bonds is 5. The van der Waals surface area contributed by atoms with Crippen LogP contribution < -0.4 is 5.32 Å². The molecule has 0 aliphatic rings. The van der Waals surface area contributed by atoms with E-state index in [0.29, 0.717) is 29.6 Å². The Morgan fingerprint density at radius 2 is 2.05 bits per heavy atom. The summed E-state index contributed by atoms with van der Waals surface area (Å²) in [4.78, 5) is 22.2. The summed E-state index contributed by atoms with van der Waals surface area (Å²) >= 11 is 5.96. The Hall–Kier alpha value is -2.14. The Morgan fingerprint density at radius 1 is 1.33 bits per heavy atom. The van der Waals surface area contributed by atoms with E-state index in [2.05, 4.69) is 15.3 Å². The van der Waals surface area contributed by atoms with Gasteiger partial charge in [-0.2, -0.15) is 0 Å². The first-order valence-electron chi connectivity index (χ1n) is 6.66. The van der Waals surface area contributed by atoms with Crippen molar-refractivity contribution in [2.24, 2.45) is 0 Å². The van der Waals surface area contributed by atoms with E-state index < -0.39 is 0 Å². The highest BCUT2D eigenvalue weighted by Gasteiger charge is 2.14. The summed E-state index contributed by atoms with van der Waals surface area (Å²) in [6.45, 7) is 3.19. The summed E-state index contributed by atoms with van der Waals surface area (Å²) in [6.07, 6.45) is 3.42. The smallest absolute Gasteiger partial charge is 0.254 e. The van der Waals surface area contributed by atoms with E-state index >= 15 is 0 Å². The molecule has 110 valence electrons. The lowest BCUT2D eigenvalue weighted by molar-refractivity contribution is 0.0785. The van der Waals surface area contributed by atoms with Crippen LogP contribution >= 0.6 is 11.6 Å². The monoisotopic (exact) mass is 304 g/mol. The molecule has 0 aliphatic heterocycles. The average Bonchev–Trinajstić information content (AvgIpc) is 2.47. The molecule has 2 aromatic rings. The number of aromatic nitrogens is 2. The van der Waals surface area contributed by atoms with Gasteiger partial charge in [0.15, 0.2) is 0 Å². The van der Waals surface area contributed by atoms with Crippen LogP contribution in [0.2, 0.25) is 5.15 Å². The Balaban J connectivity index is 2.15. The zero-order chi connectivity index (χ0) is 15.2. The van der Waals surface area contributed by atoms with Crippen LogP contribution in [0.15, 0.2) is 36.7 Å². The van der Waals surface area contributed by atoms with Gasteiger partial charge < -0.3 is 10.2 Å². The van der Waals surface area contributed by atoms with Gasteiger partial charge in [-0.3, -0.25) is 9.78 Å². The lowest BCUT2D eigenvalue weighted by atomic mass is 10.2. The van der Waals surface area contributed by atoms with E-state index in [0.717, 1.165) is 5.56 Å². The van der Waals surface area contributed by atoms with Crippen molar-refractivity contribution < 1.29 is 4.79 Å². The number of pyridine rings is 2. The van der Waals surface area contributed by atoms with Gasteiger partial charge in [-0.05, 0) is 36.8 Å². The second-order valence-electron chi connectivity index (χ2n) is 4.61. The normalized spacial score (nSPS) is 10.2. The van der Waals surface area contributed by atoms with Crippen LogP contribution in [0.5, 0.6) is 0 Å². The van der Waals surface area contributed by atoms with E-state index in [1.807, 2.05) is 19.1 Å². The zero-order valence-electron chi connectivity index (χ0n) is 12.0. The lowest BCUT2D eigenvalue weighted by Crippen LogP contribution is -2.26. The minimum atomic E-state index is -0.102. The van der Waals surface area contributed by atoms with Crippen molar-refractivity contribution in [3.8, 4) is 0 Å². The minimum Gasteiger partial charge on any atom is -0.370 e. The molecule has 2 aromatic heterocycles. The van der Waals surface area contributed by atoms with Crippen molar-refractivity contribution >= 4 is 23.3 Å². The quantitative estimate of drug-likeness (QED) is 0.863. The van der Waals surface area contributed by atoms with Gasteiger partial charge >= 0.3 is 0 Å². The molecule has 2 rings (SSSR count). The number of carbonyl (C=O) groups is 1. The summed E-state index contributed by atoms with van der Waals surface area (Å²) < 4.78 is 0. The summed E-state index contributed by atoms with van der Waals surface area (Å²) in [5.74, 6) is 0.501. The molecule has 0 radical (unpaired) electrons. The van der Waals surface area contributed by atoms with Gasteiger partial charge in [-0.25, -0.2) is 4.98 Å². The summed E-state index contributed by atoms with van der Waals surface area (Å²) in [5.41, 5.74) is 1.54. The standard InChI is InChI=1S/C15H17ClN4O/c1-3-18-14-9-12(8-13(16)19-14)15(21)20(2)10-11-4-6-17-7-5-11/h4-9H,3,10H2,1-2H3,(H,18,19). The predicted molar refractivity (Wildman–Crippen MR) is 83.4 cm³/mol. The molecule has 5 nitrogen and oxygen atoms in total. The summed E-state index contributed by atoms with van der Waals surface area (Å²) in [5, 5.41) is 3.36. The number of nitrogens with one attached hydrogen (secondary N) is 1. The Morgan fingerprint density at radius 3 is 2.71 bits per heavy atom. The molecular weight excluding hydrogens is 288 g/mol. The number of nitrogens with zero attached hydrogens (tertiary/aromatic N) is 3. The molecular formula is C15H17ClN4O. The number of halogens is 1. The molecule has 0 atom stereocenters. The van der Waals surface area contributed by atoms with Crippen LogP contribution in [0.1, 0.15) is 22.8 Å². The molecule has 0 bridgehead atoms. The number of anilines is 1. The third-order valence-corrected chi connectivity index (χ3v) is 3.11. The van der Waals surface area contributed by atoms with Crippen molar-refractivity contribution in [3.63, 3.8) is 0 Å². The van der Waals surface area contributed by atoms with Gasteiger partial charge in [0.1, 0.15) is 11.0 Å². The first-order chi connectivity index (χ1) is 10.1. The van der Waals surface area contributed by atoms with E-state index in [9.17, 15) is 4.79 Å². The SMILES string of the molecule is CCNc1cc(C(=O)N(C)Cc2ccncc2)cc(Cl)n1. The second kappa shape index (κ2) is 7.04. The van der Waals surface area contributed by atoms with Crippen molar-refractivity contribution in [1.29, 1.82) is 0 Å². The number of amides is 1. The highest BCUT2D eigenvalue weighted by atomic mass is 35.5. The van der Waals surface area contributed by atoms with Crippen molar-refractivity contribution in [1.82, 2.24) is 14.9 Å². The van der Waals surface area contributed by atoms with E-state index in [-0.39, 0.29) is 5.91 Å². The van der Waals surface area contributed by atoms with Crippen molar-refractivity contribution in [2.45, 2.75) is 13.5 Å². The molecule has 21 heavy (non-hydrogen) atoms. The van der Waals surface area contributed by atoms with E-state index in [1.165, 1.54) is 0 Å². The largest absolute Gasteiger partial charge is 0.370 e. The van der Waals surface area contributed by atoms with Gasteiger partial charge in [-0.1, -0.05) is 11.6 Å². The molecule has 1 N–H and O–H groups in total. The molecule has 0 spiro atoms. The van der Waals surface area contributed by atoms with E-state index in [1.54, 1.807) is 36.5 Å².